The van der Waals surface area contributed by atoms with Crippen LogP contribution >= 0.6 is 0 Å². The average Bonchev–Trinajstić information content (AvgIpc) is 3.42. The molecule has 2 unspecified atom stereocenters. The van der Waals surface area contributed by atoms with Gasteiger partial charge in [-0.3, -0.25) is 4.79 Å². The lowest BCUT2D eigenvalue weighted by atomic mass is 10.1. The molecular weight excluding hydrogens is 344 g/mol. The molecule has 1 aliphatic carbocycles. The van der Waals surface area contributed by atoms with Gasteiger partial charge in [0.1, 0.15) is 18.2 Å². The summed E-state index contributed by atoms with van der Waals surface area (Å²) >= 11 is 0. The number of nitrogens with one attached hydrogen (secondary N) is 1. The Morgan fingerprint density at radius 3 is 2.96 bits per heavy atom. The van der Waals surface area contributed by atoms with Gasteiger partial charge < -0.3 is 15.0 Å². The largest absolute Gasteiger partial charge is 0.377 e. The van der Waals surface area contributed by atoms with Crippen molar-refractivity contribution >= 4 is 5.82 Å². The number of nitrogens with zero attached hydrogens (tertiary/aromatic N) is 5. The van der Waals surface area contributed by atoms with E-state index in [0.29, 0.717) is 19.1 Å². The van der Waals surface area contributed by atoms with Crippen LogP contribution in [0.4, 0.5) is 5.82 Å². The van der Waals surface area contributed by atoms with E-state index >= 15 is 0 Å². The van der Waals surface area contributed by atoms with E-state index in [1.807, 2.05) is 6.07 Å². The number of ether oxygens (including phenoxy) is 1. The highest BCUT2D eigenvalue weighted by molar-refractivity contribution is 5.48. The van der Waals surface area contributed by atoms with E-state index < -0.39 is 0 Å². The molecule has 2 fully saturated rings. The minimum Gasteiger partial charge on any atom is -0.377 e. The maximum Gasteiger partial charge on any atom is 0.267 e. The van der Waals surface area contributed by atoms with E-state index in [0.717, 1.165) is 55.1 Å². The molecule has 5 rings (SSSR count). The molecule has 0 amide bonds. The number of hydrogen-bond donors (Lipinski definition) is 1. The molecule has 3 aliphatic rings. The van der Waals surface area contributed by atoms with Gasteiger partial charge in [0.15, 0.2) is 0 Å². The Hall–Kier alpha value is -2.32. The second kappa shape index (κ2) is 6.69. The first-order valence-corrected chi connectivity index (χ1v) is 9.64. The highest BCUT2D eigenvalue weighted by atomic mass is 16.5. The minimum atomic E-state index is -0.136. The van der Waals surface area contributed by atoms with Crippen molar-refractivity contribution in [3.8, 4) is 0 Å². The Bertz CT molecular complexity index is 909. The van der Waals surface area contributed by atoms with Crippen LogP contribution in [0.15, 0.2) is 23.3 Å². The number of likely N-dealkylation sites (N-methyl/N-ethyl adjacent to an activating group) is 1. The monoisotopic (exact) mass is 368 g/mol. The van der Waals surface area contributed by atoms with Crippen LogP contribution in [0.1, 0.15) is 41.8 Å². The van der Waals surface area contributed by atoms with Crippen LogP contribution in [0, 0.1) is 0 Å². The highest BCUT2D eigenvalue weighted by Gasteiger charge is 2.34. The SMILES string of the molecule is CN1CCc2ncnc(NC3COCC3n3nc(C4CC4)ccc3=O)c2C1. The molecule has 1 saturated heterocycles. The van der Waals surface area contributed by atoms with E-state index in [1.165, 1.54) is 0 Å². The smallest absolute Gasteiger partial charge is 0.267 e. The first-order chi connectivity index (χ1) is 13.2. The third kappa shape index (κ3) is 3.23. The van der Waals surface area contributed by atoms with Crippen LogP contribution in [0.2, 0.25) is 0 Å². The number of fused-ring (bicyclic) bond motifs is 1. The first-order valence-electron chi connectivity index (χ1n) is 9.64. The lowest BCUT2D eigenvalue weighted by Gasteiger charge is -2.27. The van der Waals surface area contributed by atoms with Crippen LogP contribution in [-0.4, -0.2) is 57.5 Å². The molecule has 2 aromatic heterocycles. The van der Waals surface area contributed by atoms with E-state index in [1.54, 1.807) is 17.1 Å². The molecule has 2 aliphatic heterocycles. The lowest BCUT2D eigenvalue weighted by Crippen LogP contribution is -2.38. The zero-order valence-electron chi connectivity index (χ0n) is 15.5. The molecule has 0 radical (unpaired) electrons. The van der Waals surface area contributed by atoms with Gasteiger partial charge in [0.2, 0.25) is 0 Å². The second-order valence-electron chi connectivity index (χ2n) is 7.81. The van der Waals surface area contributed by atoms with Gasteiger partial charge in [0.25, 0.3) is 5.56 Å². The van der Waals surface area contributed by atoms with Gasteiger partial charge in [-0.1, -0.05) is 0 Å². The van der Waals surface area contributed by atoms with Crippen molar-refractivity contribution in [2.75, 3.05) is 32.1 Å². The van der Waals surface area contributed by atoms with Gasteiger partial charge in [0.05, 0.1) is 30.6 Å². The molecule has 2 aromatic rings. The van der Waals surface area contributed by atoms with Crippen molar-refractivity contribution in [3.63, 3.8) is 0 Å². The molecule has 142 valence electrons. The summed E-state index contributed by atoms with van der Waals surface area (Å²) in [5.74, 6) is 1.36. The topological polar surface area (TPSA) is 85.2 Å². The molecule has 8 heteroatoms. The maximum absolute atomic E-state index is 12.5. The average molecular weight is 368 g/mol. The van der Waals surface area contributed by atoms with E-state index in [9.17, 15) is 4.79 Å². The predicted octanol–water partition coefficient (Wildman–Crippen LogP) is 0.951. The van der Waals surface area contributed by atoms with Crippen LogP contribution < -0.4 is 10.9 Å². The fraction of sp³-hybridized carbons (Fsp3) is 0.579. The molecule has 0 bridgehead atoms. The van der Waals surface area contributed by atoms with Crippen LogP contribution in [0.3, 0.4) is 0 Å². The fourth-order valence-corrected chi connectivity index (χ4v) is 3.97. The Kier molecular flexibility index (Phi) is 4.17. The summed E-state index contributed by atoms with van der Waals surface area (Å²) in [6, 6.07) is 3.32. The zero-order valence-corrected chi connectivity index (χ0v) is 15.5. The molecule has 1 saturated carbocycles. The molecular formula is C19H24N6O2. The van der Waals surface area contributed by atoms with Crippen LogP contribution in [-0.2, 0) is 17.7 Å². The molecule has 27 heavy (non-hydrogen) atoms. The minimum absolute atomic E-state index is 0.0455. The summed E-state index contributed by atoms with van der Waals surface area (Å²) in [4.78, 5) is 23.7. The van der Waals surface area contributed by atoms with Gasteiger partial charge >= 0.3 is 0 Å². The Labute approximate surface area is 157 Å². The van der Waals surface area contributed by atoms with Crippen molar-refractivity contribution in [2.24, 2.45) is 0 Å². The van der Waals surface area contributed by atoms with Crippen molar-refractivity contribution in [1.82, 2.24) is 24.6 Å². The van der Waals surface area contributed by atoms with Gasteiger partial charge in [-0.25, -0.2) is 14.6 Å². The molecule has 0 aromatic carbocycles. The van der Waals surface area contributed by atoms with E-state index in [-0.39, 0.29) is 17.6 Å². The third-order valence-corrected chi connectivity index (χ3v) is 5.72. The van der Waals surface area contributed by atoms with Gasteiger partial charge in [-0.05, 0) is 26.0 Å². The van der Waals surface area contributed by atoms with Crippen molar-refractivity contribution in [2.45, 2.75) is 43.8 Å². The van der Waals surface area contributed by atoms with Crippen molar-refractivity contribution < 1.29 is 4.74 Å². The molecule has 8 nitrogen and oxygen atoms in total. The Balaban J connectivity index is 1.43. The van der Waals surface area contributed by atoms with Gasteiger partial charge in [0, 0.05) is 37.1 Å². The van der Waals surface area contributed by atoms with Crippen molar-refractivity contribution in [1.29, 1.82) is 0 Å². The van der Waals surface area contributed by atoms with Crippen molar-refractivity contribution in [3.05, 3.63) is 45.8 Å². The van der Waals surface area contributed by atoms with Crippen LogP contribution in [0.5, 0.6) is 0 Å². The first kappa shape index (κ1) is 16.8. The molecule has 2 atom stereocenters. The second-order valence-corrected chi connectivity index (χ2v) is 7.81. The standard InChI is InChI=1S/C19H24N6O2/c1-24-7-6-15-13(8-24)19(21-11-20-15)22-16-9-27-10-17(16)25-18(26)5-4-14(23-25)12-2-3-12/h4-5,11-12,16-17H,2-3,6-10H2,1H3,(H,20,21,22). The third-order valence-electron chi connectivity index (χ3n) is 5.72. The molecule has 4 heterocycles. The number of rotatable bonds is 4. The fourth-order valence-electron chi connectivity index (χ4n) is 3.97. The molecule has 1 N–H and O–H groups in total. The quantitative estimate of drug-likeness (QED) is 0.860. The zero-order chi connectivity index (χ0) is 18.4. The van der Waals surface area contributed by atoms with E-state index in [2.05, 4.69) is 32.3 Å². The highest BCUT2D eigenvalue weighted by Crippen LogP contribution is 2.38. The number of aromatic nitrogens is 4. The number of anilines is 1. The summed E-state index contributed by atoms with van der Waals surface area (Å²) in [7, 11) is 2.11. The summed E-state index contributed by atoms with van der Waals surface area (Å²) in [6.45, 7) is 2.84. The Morgan fingerprint density at radius 2 is 2.11 bits per heavy atom. The van der Waals surface area contributed by atoms with Gasteiger partial charge in [-0.2, -0.15) is 5.10 Å². The van der Waals surface area contributed by atoms with Crippen LogP contribution in [0.25, 0.3) is 0 Å². The lowest BCUT2D eigenvalue weighted by molar-refractivity contribution is 0.182. The Morgan fingerprint density at radius 1 is 1.22 bits per heavy atom. The molecule has 0 spiro atoms. The number of hydrogen-bond acceptors (Lipinski definition) is 7. The summed E-state index contributed by atoms with van der Waals surface area (Å²) in [5, 5.41) is 8.18. The summed E-state index contributed by atoms with van der Waals surface area (Å²) in [6.07, 6.45) is 4.87. The van der Waals surface area contributed by atoms with Gasteiger partial charge in [-0.15, -0.1) is 0 Å². The maximum atomic E-state index is 12.5. The summed E-state index contributed by atoms with van der Waals surface area (Å²) < 4.78 is 7.33. The summed E-state index contributed by atoms with van der Waals surface area (Å²) in [5.41, 5.74) is 3.18. The normalized spacial score (nSPS) is 25.4. The van der Waals surface area contributed by atoms with E-state index in [4.69, 9.17) is 4.74 Å². The predicted molar refractivity (Wildman–Crippen MR) is 99.8 cm³/mol.